The van der Waals surface area contributed by atoms with Gasteiger partial charge in [-0.15, -0.1) is 0 Å². The standard InChI is InChI=1S/C20H23FN2O3/c1-20(2,3)14-7-6-13(10-16(14)25-4)23-19(24)18-11-22-15-8-5-12(21)9-17(15)26-18/h5-10,18,22H,11H2,1-4H3,(H,23,24). The Morgan fingerprint density at radius 2 is 2.04 bits per heavy atom. The maximum Gasteiger partial charge on any atom is 0.267 e. The van der Waals surface area contributed by atoms with Gasteiger partial charge < -0.3 is 20.1 Å². The first-order valence-corrected chi connectivity index (χ1v) is 8.47. The van der Waals surface area contributed by atoms with Crippen LogP contribution in [-0.4, -0.2) is 25.7 Å². The molecule has 1 unspecified atom stereocenters. The minimum Gasteiger partial charge on any atom is -0.496 e. The lowest BCUT2D eigenvalue weighted by Gasteiger charge is -2.27. The highest BCUT2D eigenvalue weighted by Crippen LogP contribution is 2.34. The molecule has 0 bridgehead atoms. The average molecular weight is 358 g/mol. The zero-order valence-corrected chi connectivity index (χ0v) is 15.4. The number of halogens is 1. The van der Waals surface area contributed by atoms with Crippen LogP contribution in [0.25, 0.3) is 0 Å². The quantitative estimate of drug-likeness (QED) is 0.872. The van der Waals surface area contributed by atoms with Crippen molar-refractivity contribution in [3.8, 4) is 11.5 Å². The number of nitrogens with one attached hydrogen (secondary N) is 2. The second kappa shape index (κ2) is 6.86. The predicted molar refractivity (Wildman–Crippen MR) is 99.6 cm³/mol. The first kappa shape index (κ1) is 18.0. The van der Waals surface area contributed by atoms with Crippen LogP contribution in [0.1, 0.15) is 26.3 Å². The van der Waals surface area contributed by atoms with Gasteiger partial charge in [-0.05, 0) is 29.2 Å². The highest BCUT2D eigenvalue weighted by Gasteiger charge is 2.27. The molecule has 0 aliphatic carbocycles. The first-order chi connectivity index (χ1) is 12.3. The third-order valence-electron chi connectivity index (χ3n) is 4.26. The average Bonchev–Trinajstić information content (AvgIpc) is 2.59. The second-order valence-electron chi connectivity index (χ2n) is 7.28. The molecule has 0 spiro atoms. The molecule has 0 saturated heterocycles. The molecule has 0 radical (unpaired) electrons. The number of rotatable bonds is 3. The summed E-state index contributed by atoms with van der Waals surface area (Å²) in [5, 5.41) is 5.91. The van der Waals surface area contributed by atoms with Crippen LogP contribution in [0.3, 0.4) is 0 Å². The number of fused-ring (bicyclic) bond motifs is 1. The summed E-state index contributed by atoms with van der Waals surface area (Å²) in [6.45, 7) is 6.60. The van der Waals surface area contributed by atoms with Gasteiger partial charge in [0.05, 0.1) is 19.3 Å². The van der Waals surface area contributed by atoms with Gasteiger partial charge in [0.1, 0.15) is 17.3 Å². The van der Waals surface area contributed by atoms with Crippen LogP contribution in [-0.2, 0) is 10.2 Å². The van der Waals surface area contributed by atoms with E-state index in [-0.39, 0.29) is 11.3 Å². The summed E-state index contributed by atoms with van der Waals surface area (Å²) < 4.78 is 24.5. The lowest BCUT2D eigenvalue weighted by atomic mass is 9.86. The lowest BCUT2D eigenvalue weighted by molar-refractivity contribution is -0.122. The molecule has 2 aromatic carbocycles. The Morgan fingerprint density at radius 1 is 1.27 bits per heavy atom. The van der Waals surface area contributed by atoms with Crippen LogP contribution >= 0.6 is 0 Å². The summed E-state index contributed by atoms with van der Waals surface area (Å²) in [6.07, 6.45) is -0.752. The number of ether oxygens (including phenoxy) is 2. The number of methoxy groups -OCH3 is 1. The van der Waals surface area contributed by atoms with Gasteiger partial charge in [-0.2, -0.15) is 0 Å². The third kappa shape index (κ3) is 3.74. The van der Waals surface area contributed by atoms with E-state index in [4.69, 9.17) is 9.47 Å². The summed E-state index contributed by atoms with van der Waals surface area (Å²) in [5.41, 5.74) is 2.27. The third-order valence-corrected chi connectivity index (χ3v) is 4.26. The molecule has 2 N–H and O–H groups in total. The molecule has 1 amide bonds. The van der Waals surface area contributed by atoms with E-state index >= 15 is 0 Å². The smallest absolute Gasteiger partial charge is 0.267 e. The van der Waals surface area contributed by atoms with E-state index in [9.17, 15) is 9.18 Å². The summed E-state index contributed by atoms with van der Waals surface area (Å²) in [5.74, 6) is 0.328. The van der Waals surface area contributed by atoms with Gasteiger partial charge >= 0.3 is 0 Å². The van der Waals surface area contributed by atoms with Gasteiger partial charge in [-0.1, -0.05) is 26.8 Å². The molecule has 1 atom stereocenters. The number of anilines is 2. The van der Waals surface area contributed by atoms with E-state index < -0.39 is 11.9 Å². The topological polar surface area (TPSA) is 59.6 Å². The van der Waals surface area contributed by atoms with Crippen LogP contribution in [0.2, 0.25) is 0 Å². The van der Waals surface area contributed by atoms with Crippen molar-refractivity contribution >= 4 is 17.3 Å². The first-order valence-electron chi connectivity index (χ1n) is 8.47. The Balaban J connectivity index is 1.74. The van der Waals surface area contributed by atoms with E-state index in [1.165, 1.54) is 12.1 Å². The minimum atomic E-state index is -0.752. The van der Waals surface area contributed by atoms with Gasteiger partial charge in [0.2, 0.25) is 0 Å². The fourth-order valence-corrected chi connectivity index (χ4v) is 2.89. The van der Waals surface area contributed by atoms with E-state index in [0.717, 1.165) is 5.56 Å². The normalized spacial score (nSPS) is 16.1. The molecule has 0 saturated carbocycles. The van der Waals surface area contributed by atoms with E-state index in [1.807, 2.05) is 12.1 Å². The highest BCUT2D eigenvalue weighted by atomic mass is 19.1. The predicted octanol–water partition coefficient (Wildman–Crippen LogP) is 3.94. The highest BCUT2D eigenvalue weighted by molar-refractivity contribution is 5.95. The Hall–Kier alpha value is -2.76. The second-order valence-corrected chi connectivity index (χ2v) is 7.28. The number of carbonyl (C=O) groups excluding carboxylic acids is 1. The molecule has 3 rings (SSSR count). The van der Waals surface area contributed by atoms with Crippen molar-refractivity contribution in [2.75, 3.05) is 24.3 Å². The molecule has 1 heterocycles. The van der Waals surface area contributed by atoms with Gasteiger partial charge in [-0.25, -0.2) is 4.39 Å². The minimum absolute atomic E-state index is 0.0714. The molecule has 1 aliphatic rings. The van der Waals surface area contributed by atoms with Crippen molar-refractivity contribution in [2.45, 2.75) is 32.3 Å². The zero-order chi connectivity index (χ0) is 18.9. The maximum absolute atomic E-state index is 13.4. The van der Waals surface area contributed by atoms with Gasteiger partial charge in [0, 0.05) is 17.8 Å². The molecule has 5 nitrogen and oxygen atoms in total. The van der Waals surface area contributed by atoms with Gasteiger partial charge in [0.25, 0.3) is 5.91 Å². The Bertz CT molecular complexity index is 830. The number of hydrogen-bond acceptors (Lipinski definition) is 4. The van der Waals surface area contributed by atoms with E-state index in [2.05, 4.69) is 31.4 Å². The summed E-state index contributed by atoms with van der Waals surface area (Å²) in [6, 6.07) is 9.78. The van der Waals surface area contributed by atoms with Crippen LogP contribution in [0, 0.1) is 5.82 Å². The molecular formula is C20H23FN2O3. The van der Waals surface area contributed by atoms with Crippen LogP contribution < -0.4 is 20.1 Å². The molecule has 26 heavy (non-hydrogen) atoms. The molecule has 6 heteroatoms. The number of benzene rings is 2. The van der Waals surface area contributed by atoms with E-state index in [1.54, 1.807) is 19.2 Å². The number of carbonyl (C=O) groups is 1. The zero-order valence-electron chi connectivity index (χ0n) is 15.4. The van der Waals surface area contributed by atoms with Gasteiger partial charge in [-0.3, -0.25) is 4.79 Å². The Labute approximate surface area is 152 Å². The van der Waals surface area contributed by atoms with Crippen molar-refractivity contribution in [2.24, 2.45) is 0 Å². The molecule has 1 aliphatic heterocycles. The van der Waals surface area contributed by atoms with Crippen molar-refractivity contribution in [3.05, 3.63) is 47.8 Å². The largest absolute Gasteiger partial charge is 0.496 e. The fraction of sp³-hybridized carbons (Fsp3) is 0.350. The molecular weight excluding hydrogens is 335 g/mol. The number of hydrogen-bond donors (Lipinski definition) is 2. The summed E-state index contributed by atoms with van der Waals surface area (Å²) in [7, 11) is 1.61. The van der Waals surface area contributed by atoms with Crippen LogP contribution in [0.4, 0.5) is 15.8 Å². The monoisotopic (exact) mass is 358 g/mol. The summed E-state index contributed by atoms with van der Waals surface area (Å²) in [4.78, 5) is 12.5. The van der Waals surface area contributed by atoms with Gasteiger partial charge in [0.15, 0.2) is 6.10 Å². The SMILES string of the molecule is COc1cc(NC(=O)C2CNc3ccc(F)cc3O2)ccc1C(C)(C)C. The Morgan fingerprint density at radius 3 is 2.73 bits per heavy atom. The van der Waals surface area contributed by atoms with Crippen molar-refractivity contribution < 1.29 is 18.7 Å². The van der Waals surface area contributed by atoms with E-state index in [0.29, 0.717) is 29.4 Å². The van der Waals surface area contributed by atoms with Crippen molar-refractivity contribution in [1.29, 1.82) is 0 Å². The molecule has 138 valence electrons. The van der Waals surface area contributed by atoms with Crippen molar-refractivity contribution in [1.82, 2.24) is 0 Å². The molecule has 0 fully saturated rings. The summed E-state index contributed by atoms with van der Waals surface area (Å²) >= 11 is 0. The Kier molecular flexibility index (Phi) is 4.76. The molecule has 0 aromatic heterocycles. The number of amides is 1. The van der Waals surface area contributed by atoms with Crippen LogP contribution in [0.15, 0.2) is 36.4 Å². The fourth-order valence-electron chi connectivity index (χ4n) is 2.89. The van der Waals surface area contributed by atoms with Crippen molar-refractivity contribution in [3.63, 3.8) is 0 Å². The van der Waals surface area contributed by atoms with Crippen LogP contribution in [0.5, 0.6) is 11.5 Å². The lowest BCUT2D eigenvalue weighted by Crippen LogP contribution is -2.41. The molecule has 2 aromatic rings. The maximum atomic E-state index is 13.4.